The largest absolute Gasteiger partial charge is 0.398 e. The van der Waals surface area contributed by atoms with E-state index in [0.29, 0.717) is 11.7 Å². The Balaban J connectivity index is 2.14. The molecule has 5 heteroatoms. The predicted octanol–water partition coefficient (Wildman–Crippen LogP) is 3.66. The van der Waals surface area contributed by atoms with E-state index < -0.39 is 0 Å². The first-order valence-corrected chi connectivity index (χ1v) is 7.17. The molecule has 0 fully saturated rings. The number of nitrogen functional groups attached to an aromatic ring is 1. The fourth-order valence-electron chi connectivity index (χ4n) is 1.48. The quantitative estimate of drug-likeness (QED) is 0.867. The Labute approximate surface area is 117 Å². The van der Waals surface area contributed by atoms with E-state index in [1.54, 1.807) is 11.8 Å². The molecule has 0 saturated carbocycles. The number of hydrogen-bond acceptors (Lipinski definition) is 5. The summed E-state index contributed by atoms with van der Waals surface area (Å²) < 4.78 is 5.47. The van der Waals surface area contributed by atoms with E-state index in [0.717, 1.165) is 22.6 Å². The molecular formula is C14H19N3OS. The normalized spacial score (nSPS) is 11.8. The lowest BCUT2D eigenvalue weighted by Crippen LogP contribution is -2.07. The van der Waals surface area contributed by atoms with Crippen LogP contribution in [-0.4, -0.2) is 14.9 Å². The zero-order valence-electron chi connectivity index (χ0n) is 11.7. The smallest absolute Gasteiger partial charge is 0.258 e. The zero-order valence-corrected chi connectivity index (χ0v) is 12.5. The van der Waals surface area contributed by atoms with Crippen molar-refractivity contribution < 1.29 is 4.52 Å². The number of thioether (sulfide) groups is 1. The van der Waals surface area contributed by atoms with Gasteiger partial charge < -0.3 is 10.3 Å². The van der Waals surface area contributed by atoms with Crippen LogP contribution in [0.1, 0.15) is 32.2 Å². The third kappa shape index (κ3) is 3.73. The van der Waals surface area contributed by atoms with Crippen LogP contribution < -0.4 is 5.73 Å². The highest BCUT2D eigenvalue weighted by Crippen LogP contribution is 2.27. The molecule has 0 aliphatic rings. The van der Waals surface area contributed by atoms with E-state index in [2.05, 4.69) is 30.9 Å². The highest BCUT2D eigenvalue weighted by molar-refractivity contribution is 7.99. The Morgan fingerprint density at radius 1 is 1.32 bits per heavy atom. The lowest BCUT2D eigenvalue weighted by molar-refractivity contribution is 0.425. The Hall–Kier alpha value is -1.49. The van der Waals surface area contributed by atoms with Crippen LogP contribution in [0.3, 0.4) is 0 Å². The molecule has 1 aromatic carbocycles. The number of nitrogens with zero attached hydrogens (tertiary/aromatic N) is 2. The molecule has 19 heavy (non-hydrogen) atoms. The molecule has 0 amide bonds. The minimum Gasteiger partial charge on any atom is -0.398 e. The van der Waals surface area contributed by atoms with Gasteiger partial charge in [0.15, 0.2) is 5.82 Å². The van der Waals surface area contributed by atoms with E-state index in [1.807, 2.05) is 25.1 Å². The van der Waals surface area contributed by atoms with Gasteiger partial charge in [-0.05, 0) is 24.6 Å². The van der Waals surface area contributed by atoms with E-state index >= 15 is 0 Å². The molecule has 0 atom stereocenters. The maximum Gasteiger partial charge on any atom is 0.258 e. The number of anilines is 1. The highest BCUT2D eigenvalue weighted by atomic mass is 32.2. The Morgan fingerprint density at radius 3 is 2.68 bits per heavy atom. The lowest BCUT2D eigenvalue weighted by atomic mass is 10.1. The van der Waals surface area contributed by atoms with Crippen LogP contribution in [0, 0.1) is 6.92 Å². The standard InChI is InChI=1S/C14H19N3OS/c1-9-5-6-10(7-11(9)15)13-16-12(17-18-13)8-19-14(2,3)4/h5-7H,8,15H2,1-4H3. The lowest BCUT2D eigenvalue weighted by Gasteiger charge is -2.15. The number of rotatable bonds is 3. The van der Waals surface area contributed by atoms with E-state index in [-0.39, 0.29) is 4.75 Å². The number of aryl methyl sites for hydroxylation is 1. The van der Waals surface area contributed by atoms with Crippen LogP contribution in [-0.2, 0) is 5.75 Å². The van der Waals surface area contributed by atoms with Gasteiger partial charge in [-0.25, -0.2) is 0 Å². The van der Waals surface area contributed by atoms with Crippen LogP contribution in [0.2, 0.25) is 0 Å². The molecule has 1 heterocycles. The fraction of sp³-hybridized carbons (Fsp3) is 0.429. The minimum absolute atomic E-state index is 0.190. The van der Waals surface area contributed by atoms with Crippen molar-refractivity contribution in [1.29, 1.82) is 0 Å². The van der Waals surface area contributed by atoms with Gasteiger partial charge in [0.1, 0.15) is 0 Å². The summed E-state index contributed by atoms with van der Waals surface area (Å²) in [4.78, 5) is 4.40. The van der Waals surface area contributed by atoms with Gasteiger partial charge in [0.25, 0.3) is 5.89 Å². The molecular weight excluding hydrogens is 258 g/mol. The molecule has 4 nitrogen and oxygen atoms in total. The van der Waals surface area contributed by atoms with Crippen molar-refractivity contribution in [1.82, 2.24) is 10.1 Å². The van der Waals surface area contributed by atoms with Crippen molar-refractivity contribution in [2.45, 2.75) is 38.2 Å². The summed E-state index contributed by atoms with van der Waals surface area (Å²) in [5.74, 6) is 1.99. The Bertz CT molecular complexity index is 572. The van der Waals surface area contributed by atoms with Gasteiger partial charge in [-0.1, -0.05) is 32.0 Å². The molecule has 1 aromatic heterocycles. The number of hydrogen-bond donors (Lipinski definition) is 1. The topological polar surface area (TPSA) is 64.9 Å². The monoisotopic (exact) mass is 277 g/mol. The zero-order chi connectivity index (χ0) is 14.0. The molecule has 0 aliphatic heterocycles. The van der Waals surface area contributed by atoms with Crippen molar-refractivity contribution >= 4 is 17.4 Å². The molecule has 2 N–H and O–H groups in total. The predicted molar refractivity (Wildman–Crippen MR) is 79.9 cm³/mol. The second-order valence-corrected chi connectivity index (χ2v) is 7.29. The van der Waals surface area contributed by atoms with Crippen LogP contribution in [0.25, 0.3) is 11.5 Å². The van der Waals surface area contributed by atoms with Gasteiger partial charge in [-0.15, -0.1) is 11.8 Å². The summed E-state index contributed by atoms with van der Waals surface area (Å²) in [5.41, 5.74) is 8.54. The molecule has 0 aliphatic carbocycles. The van der Waals surface area contributed by atoms with Crippen molar-refractivity contribution in [2.24, 2.45) is 0 Å². The fourth-order valence-corrected chi connectivity index (χ4v) is 2.16. The summed E-state index contributed by atoms with van der Waals surface area (Å²) in [5, 5.41) is 4.00. The van der Waals surface area contributed by atoms with E-state index in [9.17, 15) is 0 Å². The molecule has 0 radical (unpaired) electrons. The molecule has 102 valence electrons. The number of benzene rings is 1. The van der Waals surface area contributed by atoms with Crippen LogP contribution in [0.4, 0.5) is 5.69 Å². The van der Waals surface area contributed by atoms with Gasteiger partial charge in [-0.3, -0.25) is 0 Å². The molecule has 0 spiro atoms. The molecule has 2 rings (SSSR count). The average molecular weight is 277 g/mol. The second-order valence-electron chi connectivity index (χ2n) is 5.49. The highest BCUT2D eigenvalue weighted by Gasteiger charge is 2.14. The summed E-state index contributed by atoms with van der Waals surface area (Å²) in [6.07, 6.45) is 0. The maximum atomic E-state index is 5.89. The van der Waals surface area contributed by atoms with Crippen LogP contribution >= 0.6 is 11.8 Å². The Kier molecular flexibility index (Phi) is 3.85. The maximum absolute atomic E-state index is 5.89. The van der Waals surface area contributed by atoms with Crippen molar-refractivity contribution in [3.05, 3.63) is 29.6 Å². The second kappa shape index (κ2) is 5.25. The summed E-state index contributed by atoms with van der Waals surface area (Å²) in [7, 11) is 0. The van der Waals surface area contributed by atoms with Gasteiger partial charge in [0.2, 0.25) is 0 Å². The average Bonchev–Trinajstić information content (AvgIpc) is 2.78. The molecule has 0 bridgehead atoms. The minimum atomic E-state index is 0.190. The van der Waals surface area contributed by atoms with Crippen LogP contribution in [0.15, 0.2) is 22.7 Å². The summed E-state index contributed by atoms with van der Waals surface area (Å²) >= 11 is 1.79. The van der Waals surface area contributed by atoms with Gasteiger partial charge in [-0.2, -0.15) is 4.98 Å². The third-order valence-corrected chi connectivity index (χ3v) is 3.90. The summed E-state index contributed by atoms with van der Waals surface area (Å²) in [6.45, 7) is 8.47. The molecule has 0 unspecified atom stereocenters. The molecule has 0 saturated heterocycles. The van der Waals surface area contributed by atoms with E-state index in [4.69, 9.17) is 10.3 Å². The van der Waals surface area contributed by atoms with Crippen molar-refractivity contribution in [2.75, 3.05) is 5.73 Å². The third-order valence-electron chi connectivity index (χ3n) is 2.63. The first-order valence-electron chi connectivity index (χ1n) is 6.18. The van der Waals surface area contributed by atoms with Crippen molar-refractivity contribution in [3.8, 4) is 11.5 Å². The van der Waals surface area contributed by atoms with E-state index in [1.165, 1.54) is 0 Å². The first-order chi connectivity index (χ1) is 8.85. The van der Waals surface area contributed by atoms with Gasteiger partial charge in [0.05, 0.1) is 5.75 Å². The summed E-state index contributed by atoms with van der Waals surface area (Å²) in [6, 6.07) is 5.77. The molecule has 2 aromatic rings. The van der Waals surface area contributed by atoms with Crippen molar-refractivity contribution in [3.63, 3.8) is 0 Å². The Morgan fingerprint density at radius 2 is 2.05 bits per heavy atom. The number of aromatic nitrogens is 2. The van der Waals surface area contributed by atoms with Crippen LogP contribution in [0.5, 0.6) is 0 Å². The number of nitrogens with two attached hydrogens (primary N) is 1. The van der Waals surface area contributed by atoms with Gasteiger partial charge >= 0.3 is 0 Å². The van der Waals surface area contributed by atoms with Gasteiger partial charge in [0, 0.05) is 16.0 Å². The first kappa shape index (κ1) is 13.9. The SMILES string of the molecule is Cc1ccc(-c2nc(CSC(C)(C)C)no2)cc1N.